The van der Waals surface area contributed by atoms with E-state index in [1.165, 1.54) is 44.9 Å². The average molecular weight is 295 g/mol. The summed E-state index contributed by atoms with van der Waals surface area (Å²) in [4.78, 5) is 11.1. The van der Waals surface area contributed by atoms with Crippen LogP contribution < -0.4 is 0 Å². The lowest BCUT2D eigenvalue weighted by molar-refractivity contribution is 0.0688. The van der Waals surface area contributed by atoms with Crippen molar-refractivity contribution in [3.05, 3.63) is 11.4 Å². The zero-order valence-corrected chi connectivity index (χ0v) is 13.6. The molecular weight excluding hydrogens is 266 g/mol. The van der Waals surface area contributed by atoms with E-state index < -0.39 is 5.97 Å². The normalized spacial score (nSPS) is 11.2. The van der Waals surface area contributed by atoms with Crippen molar-refractivity contribution in [1.82, 2.24) is 15.0 Å². The summed E-state index contributed by atoms with van der Waals surface area (Å²) < 4.78 is 1.77. The number of carboxylic acid groups (broad SMARTS) is 1. The summed E-state index contributed by atoms with van der Waals surface area (Å²) in [5.74, 6) is -0.860. The molecule has 120 valence electrons. The number of hydrogen-bond donors (Lipinski definition) is 1. The summed E-state index contributed by atoms with van der Waals surface area (Å²) in [6, 6.07) is 0. The van der Waals surface area contributed by atoms with Gasteiger partial charge in [0.05, 0.1) is 5.69 Å². The van der Waals surface area contributed by atoms with Gasteiger partial charge in [-0.05, 0) is 12.3 Å². The highest BCUT2D eigenvalue weighted by Crippen LogP contribution is 2.18. The molecule has 1 heterocycles. The van der Waals surface area contributed by atoms with Gasteiger partial charge in [0.1, 0.15) is 0 Å². The third-order valence-electron chi connectivity index (χ3n) is 3.75. The maximum absolute atomic E-state index is 11.1. The Bertz CT molecular complexity index is 427. The molecule has 0 saturated heterocycles. The quantitative estimate of drug-likeness (QED) is 0.620. The molecule has 1 aromatic heterocycles. The van der Waals surface area contributed by atoms with E-state index in [2.05, 4.69) is 17.2 Å². The predicted molar refractivity (Wildman–Crippen MR) is 83.7 cm³/mol. The molecule has 5 nitrogen and oxygen atoms in total. The Morgan fingerprint density at radius 1 is 1.10 bits per heavy atom. The first-order valence-electron chi connectivity index (χ1n) is 8.24. The average Bonchev–Trinajstić information content (AvgIpc) is 2.86. The summed E-state index contributed by atoms with van der Waals surface area (Å²) in [6.07, 6.45) is 10.1. The molecule has 0 aliphatic heterocycles. The second kappa shape index (κ2) is 9.53. The molecule has 5 heteroatoms. The van der Waals surface area contributed by atoms with E-state index in [0.29, 0.717) is 0 Å². The van der Waals surface area contributed by atoms with Gasteiger partial charge in [-0.15, -0.1) is 5.10 Å². The summed E-state index contributed by atoms with van der Waals surface area (Å²) in [5.41, 5.74) is 0.843. The Labute approximate surface area is 127 Å². The number of aromatic carboxylic acids is 1. The van der Waals surface area contributed by atoms with Crippen LogP contribution in [0, 0.1) is 0 Å². The third-order valence-corrected chi connectivity index (χ3v) is 3.75. The second-order valence-electron chi connectivity index (χ2n) is 5.98. The van der Waals surface area contributed by atoms with Crippen LogP contribution >= 0.6 is 0 Å². The lowest BCUT2D eigenvalue weighted by atomic mass is 10.1. The Morgan fingerprint density at radius 2 is 1.67 bits per heavy atom. The lowest BCUT2D eigenvalue weighted by Gasteiger charge is -2.09. The maximum Gasteiger partial charge on any atom is 0.358 e. The molecule has 0 radical (unpaired) electrons. The molecule has 0 aliphatic rings. The number of hydrogen-bond acceptors (Lipinski definition) is 3. The molecule has 0 fully saturated rings. The van der Waals surface area contributed by atoms with Crippen molar-refractivity contribution in [3.8, 4) is 0 Å². The monoisotopic (exact) mass is 295 g/mol. The topological polar surface area (TPSA) is 68.0 Å². The van der Waals surface area contributed by atoms with Gasteiger partial charge in [-0.3, -0.25) is 0 Å². The molecule has 0 unspecified atom stereocenters. The zero-order valence-electron chi connectivity index (χ0n) is 13.6. The lowest BCUT2D eigenvalue weighted by Crippen LogP contribution is -2.10. The highest BCUT2D eigenvalue weighted by molar-refractivity contribution is 5.86. The van der Waals surface area contributed by atoms with Crippen molar-refractivity contribution in [2.24, 2.45) is 0 Å². The molecule has 0 spiro atoms. The molecule has 1 N–H and O–H groups in total. The zero-order chi connectivity index (χ0) is 15.7. The van der Waals surface area contributed by atoms with Crippen LogP contribution in [0.5, 0.6) is 0 Å². The highest BCUT2D eigenvalue weighted by Gasteiger charge is 2.20. The molecule has 0 saturated carbocycles. The fourth-order valence-corrected chi connectivity index (χ4v) is 2.60. The van der Waals surface area contributed by atoms with E-state index in [0.717, 1.165) is 18.7 Å². The molecule has 1 aromatic rings. The molecule has 0 aromatic carbocycles. The van der Waals surface area contributed by atoms with Gasteiger partial charge in [-0.25, -0.2) is 9.48 Å². The van der Waals surface area contributed by atoms with Gasteiger partial charge in [0.15, 0.2) is 5.69 Å². The summed E-state index contributed by atoms with van der Waals surface area (Å²) in [6.45, 7) is 6.96. The molecule has 1 rings (SSSR count). The third kappa shape index (κ3) is 5.86. The SMILES string of the molecule is CCCCCCCCCCn1nnc(C(=O)O)c1C(C)C. The number of rotatable bonds is 11. The van der Waals surface area contributed by atoms with Gasteiger partial charge in [0.25, 0.3) is 0 Å². The molecular formula is C16H29N3O2. The van der Waals surface area contributed by atoms with E-state index >= 15 is 0 Å². The standard InChI is InChI=1S/C16H29N3O2/c1-4-5-6-7-8-9-10-11-12-19-15(13(2)3)14(16(20)21)17-18-19/h13H,4-12H2,1-3H3,(H,20,21). The number of unbranched alkanes of at least 4 members (excludes halogenated alkanes) is 7. The maximum atomic E-state index is 11.1. The van der Waals surface area contributed by atoms with Gasteiger partial charge >= 0.3 is 5.97 Å². The molecule has 0 amide bonds. The minimum atomic E-state index is -0.985. The minimum absolute atomic E-state index is 0.101. The van der Waals surface area contributed by atoms with Crippen molar-refractivity contribution in [1.29, 1.82) is 0 Å². The van der Waals surface area contributed by atoms with Crippen LogP contribution in [0.4, 0.5) is 0 Å². The van der Waals surface area contributed by atoms with Crippen LogP contribution in [-0.2, 0) is 6.54 Å². The van der Waals surface area contributed by atoms with Gasteiger partial charge in [-0.2, -0.15) is 0 Å². The number of nitrogens with zero attached hydrogens (tertiary/aromatic N) is 3. The van der Waals surface area contributed by atoms with Crippen LogP contribution in [0.3, 0.4) is 0 Å². The largest absolute Gasteiger partial charge is 0.476 e. The summed E-state index contributed by atoms with van der Waals surface area (Å²) in [5, 5.41) is 16.9. The molecule has 0 bridgehead atoms. The molecule has 21 heavy (non-hydrogen) atoms. The van der Waals surface area contributed by atoms with Crippen molar-refractivity contribution in [2.75, 3.05) is 0 Å². The second-order valence-corrected chi connectivity index (χ2v) is 5.98. The highest BCUT2D eigenvalue weighted by atomic mass is 16.4. The molecule has 0 atom stereocenters. The number of aromatic nitrogens is 3. The summed E-state index contributed by atoms with van der Waals surface area (Å²) in [7, 11) is 0. The van der Waals surface area contributed by atoms with Gasteiger partial charge < -0.3 is 5.11 Å². The van der Waals surface area contributed by atoms with Crippen LogP contribution in [0.15, 0.2) is 0 Å². The summed E-state index contributed by atoms with van der Waals surface area (Å²) >= 11 is 0. The fraction of sp³-hybridized carbons (Fsp3) is 0.812. The fourth-order valence-electron chi connectivity index (χ4n) is 2.60. The van der Waals surface area contributed by atoms with Crippen LogP contribution in [0.2, 0.25) is 0 Å². The van der Waals surface area contributed by atoms with E-state index in [1.807, 2.05) is 13.8 Å². The number of carbonyl (C=O) groups is 1. The predicted octanol–water partition coefficient (Wildman–Crippen LogP) is 4.24. The number of aryl methyl sites for hydroxylation is 1. The minimum Gasteiger partial charge on any atom is -0.476 e. The van der Waals surface area contributed by atoms with E-state index in [9.17, 15) is 4.79 Å². The smallest absolute Gasteiger partial charge is 0.358 e. The van der Waals surface area contributed by atoms with Crippen LogP contribution in [0.1, 0.15) is 94.2 Å². The first kappa shape index (κ1) is 17.7. The van der Waals surface area contributed by atoms with Gasteiger partial charge in [0.2, 0.25) is 0 Å². The first-order chi connectivity index (χ1) is 10.1. The van der Waals surface area contributed by atoms with Gasteiger partial charge in [0, 0.05) is 6.54 Å². The molecule has 0 aliphatic carbocycles. The van der Waals surface area contributed by atoms with E-state index in [1.54, 1.807) is 4.68 Å². The van der Waals surface area contributed by atoms with E-state index in [-0.39, 0.29) is 11.6 Å². The van der Waals surface area contributed by atoms with Crippen molar-refractivity contribution < 1.29 is 9.90 Å². The Hall–Kier alpha value is -1.39. The first-order valence-corrected chi connectivity index (χ1v) is 8.24. The van der Waals surface area contributed by atoms with Gasteiger partial charge in [-0.1, -0.05) is 70.9 Å². The Balaban J connectivity index is 2.34. The van der Waals surface area contributed by atoms with Crippen LogP contribution in [0.25, 0.3) is 0 Å². The Morgan fingerprint density at radius 3 is 2.19 bits per heavy atom. The number of carboxylic acids is 1. The Kier molecular flexibility index (Phi) is 8.01. The van der Waals surface area contributed by atoms with Crippen molar-refractivity contribution in [3.63, 3.8) is 0 Å². The van der Waals surface area contributed by atoms with E-state index in [4.69, 9.17) is 5.11 Å². The van der Waals surface area contributed by atoms with Crippen molar-refractivity contribution >= 4 is 5.97 Å². The van der Waals surface area contributed by atoms with Crippen LogP contribution in [-0.4, -0.2) is 26.1 Å². The van der Waals surface area contributed by atoms with Crippen molar-refractivity contribution in [2.45, 2.75) is 84.6 Å².